The van der Waals surface area contributed by atoms with Gasteiger partial charge < -0.3 is 9.42 Å². The summed E-state index contributed by atoms with van der Waals surface area (Å²) >= 11 is 0. The van der Waals surface area contributed by atoms with E-state index in [-0.39, 0.29) is 17.8 Å². The van der Waals surface area contributed by atoms with Crippen LogP contribution in [0.2, 0.25) is 0 Å². The minimum absolute atomic E-state index is 0.0614. The van der Waals surface area contributed by atoms with Gasteiger partial charge in [0.2, 0.25) is 0 Å². The Kier molecular flexibility index (Phi) is 4.52. The average molecular weight is 350 g/mol. The molecule has 0 N–H and O–H groups in total. The number of likely N-dealkylation sites (tertiary alicyclic amines) is 1. The highest BCUT2D eigenvalue weighted by Gasteiger charge is 2.30. The quantitative estimate of drug-likeness (QED) is 0.678. The van der Waals surface area contributed by atoms with Crippen LogP contribution in [0.15, 0.2) is 65.2 Å². The van der Waals surface area contributed by atoms with Crippen LogP contribution in [-0.4, -0.2) is 22.5 Å². The van der Waals surface area contributed by atoms with E-state index in [9.17, 15) is 9.18 Å². The molecule has 5 heteroatoms. The molecule has 1 aliphatic rings. The van der Waals surface area contributed by atoms with Gasteiger partial charge in [-0.05, 0) is 37.0 Å². The SMILES string of the molecule is O=C(c1cc(-c2ccccc2)on1)N1CCCCC1c1ccc(F)cc1. The first-order valence-electron chi connectivity index (χ1n) is 8.81. The van der Waals surface area contributed by atoms with Crippen LogP contribution < -0.4 is 0 Å². The molecular weight excluding hydrogens is 331 g/mol. The number of rotatable bonds is 3. The number of amides is 1. The molecular formula is C21H19FN2O2. The fraction of sp³-hybridized carbons (Fsp3) is 0.238. The van der Waals surface area contributed by atoms with Crippen molar-refractivity contribution in [1.29, 1.82) is 0 Å². The van der Waals surface area contributed by atoms with Crippen LogP contribution >= 0.6 is 0 Å². The molecule has 0 aliphatic carbocycles. The zero-order chi connectivity index (χ0) is 17.9. The van der Waals surface area contributed by atoms with E-state index in [2.05, 4.69) is 5.16 Å². The Balaban J connectivity index is 1.59. The summed E-state index contributed by atoms with van der Waals surface area (Å²) in [6.45, 7) is 0.661. The summed E-state index contributed by atoms with van der Waals surface area (Å²) in [4.78, 5) is 14.8. The number of carbonyl (C=O) groups is 1. The van der Waals surface area contributed by atoms with Crippen LogP contribution in [0.3, 0.4) is 0 Å². The summed E-state index contributed by atoms with van der Waals surface area (Å²) in [6, 6.07) is 17.6. The van der Waals surface area contributed by atoms with Crippen LogP contribution in [-0.2, 0) is 0 Å². The summed E-state index contributed by atoms with van der Waals surface area (Å²) in [5, 5.41) is 3.98. The Bertz CT molecular complexity index is 890. The van der Waals surface area contributed by atoms with Crippen LogP contribution in [0.1, 0.15) is 41.4 Å². The largest absolute Gasteiger partial charge is 0.355 e. The predicted octanol–water partition coefficient (Wildman–Crippen LogP) is 4.85. The molecule has 4 rings (SSSR count). The number of hydrogen-bond acceptors (Lipinski definition) is 3. The molecule has 2 heterocycles. The second kappa shape index (κ2) is 7.12. The molecule has 1 saturated heterocycles. The summed E-state index contributed by atoms with van der Waals surface area (Å²) < 4.78 is 18.6. The van der Waals surface area contributed by atoms with E-state index in [0.29, 0.717) is 18.0 Å². The third-order valence-electron chi connectivity index (χ3n) is 4.81. The molecule has 0 spiro atoms. The maximum absolute atomic E-state index is 13.2. The number of aromatic nitrogens is 1. The molecule has 2 aromatic carbocycles. The molecule has 0 bridgehead atoms. The Morgan fingerprint density at radius 1 is 1.08 bits per heavy atom. The molecule has 1 amide bonds. The monoisotopic (exact) mass is 350 g/mol. The van der Waals surface area contributed by atoms with Crippen molar-refractivity contribution in [2.75, 3.05) is 6.54 Å². The van der Waals surface area contributed by atoms with Crippen LogP contribution in [0.4, 0.5) is 4.39 Å². The highest BCUT2D eigenvalue weighted by molar-refractivity contribution is 5.93. The van der Waals surface area contributed by atoms with Gasteiger partial charge in [0.25, 0.3) is 5.91 Å². The summed E-state index contributed by atoms with van der Waals surface area (Å²) in [5.74, 6) is 0.153. The molecule has 0 saturated carbocycles. The van der Waals surface area contributed by atoms with Gasteiger partial charge in [-0.25, -0.2) is 4.39 Å². The van der Waals surface area contributed by atoms with E-state index in [4.69, 9.17) is 4.52 Å². The number of hydrogen-bond donors (Lipinski definition) is 0. The topological polar surface area (TPSA) is 46.3 Å². The lowest BCUT2D eigenvalue weighted by Crippen LogP contribution is -2.38. The van der Waals surface area contributed by atoms with Gasteiger partial charge in [0.05, 0.1) is 6.04 Å². The lowest BCUT2D eigenvalue weighted by atomic mass is 9.95. The van der Waals surface area contributed by atoms with E-state index in [1.54, 1.807) is 18.2 Å². The van der Waals surface area contributed by atoms with E-state index in [1.165, 1.54) is 12.1 Å². The van der Waals surface area contributed by atoms with Gasteiger partial charge in [-0.1, -0.05) is 47.6 Å². The van der Waals surface area contributed by atoms with E-state index in [0.717, 1.165) is 30.4 Å². The minimum atomic E-state index is -0.272. The second-order valence-electron chi connectivity index (χ2n) is 6.50. The molecule has 1 fully saturated rings. The highest BCUT2D eigenvalue weighted by Crippen LogP contribution is 2.32. The van der Waals surface area contributed by atoms with Crippen molar-refractivity contribution in [1.82, 2.24) is 10.1 Å². The molecule has 0 radical (unpaired) electrons. The molecule has 1 unspecified atom stereocenters. The van der Waals surface area contributed by atoms with Crippen molar-refractivity contribution in [2.45, 2.75) is 25.3 Å². The van der Waals surface area contributed by atoms with E-state index in [1.807, 2.05) is 35.2 Å². The molecule has 1 atom stereocenters. The Morgan fingerprint density at radius 2 is 1.85 bits per heavy atom. The second-order valence-corrected chi connectivity index (χ2v) is 6.50. The number of halogens is 1. The fourth-order valence-electron chi connectivity index (χ4n) is 3.47. The minimum Gasteiger partial charge on any atom is -0.355 e. The van der Waals surface area contributed by atoms with Gasteiger partial charge in [0, 0.05) is 18.2 Å². The van der Waals surface area contributed by atoms with Crippen molar-refractivity contribution in [3.63, 3.8) is 0 Å². The normalized spacial score (nSPS) is 17.3. The Morgan fingerprint density at radius 3 is 2.62 bits per heavy atom. The predicted molar refractivity (Wildman–Crippen MR) is 96.0 cm³/mol. The number of benzene rings is 2. The first kappa shape index (κ1) is 16.5. The number of piperidine rings is 1. The summed E-state index contributed by atoms with van der Waals surface area (Å²) in [5.41, 5.74) is 2.14. The van der Waals surface area contributed by atoms with Crippen molar-refractivity contribution in [2.24, 2.45) is 0 Å². The van der Waals surface area contributed by atoms with Gasteiger partial charge in [0.1, 0.15) is 5.82 Å². The number of nitrogens with zero attached hydrogens (tertiary/aromatic N) is 2. The lowest BCUT2D eigenvalue weighted by Gasteiger charge is -2.35. The molecule has 3 aromatic rings. The summed E-state index contributed by atoms with van der Waals surface area (Å²) in [7, 11) is 0. The third-order valence-corrected chi connectivity index (χ3v) is 4.81. The highest BCUT2D eigenvalue weighted by atomic mass is 19.1. The first-order chi connectivity index (χ1) is 12.7. The summed E-state index contributed by atoms with van der Waals surface area (Å²) in [6.07, 6.45) is 2.85. The Labute approximate surface area is 151 Å². The van der Waals surface area contributed by atoms with Gasteiger partial charge >= 0.3 is 0 Å². The molecule has 4 nitrogen and oxygen atoms in total. The molecule has 1 aliphatic heterocycles. The van der Waals surface area contributed by atoms with Crippen LogP contribution in [0.5, 0.6) is 0 Å². The Hall–Kier alpha value is -2.95. The van der Waals surface area contributed by atoms with Crippen molar-refractivity contribution in [3.8, 4) is 11.3 Å². The smallest absolute Gasteiger partial charge is 0.276 e. The van der Waals surface area contributed by atoms with Crippen molar-refractivity contribution < 1.29 is 13.7 Å². The van der Waals surface area contributed by atoms with Crippen LogP contribution in [0.25, 0.3) is 11.3 Å². The number of carbonyl (C=O) groups excluding carboxylic acids is 1. The van der Waals surface area contributed by atoms with E-state index >= 15 is 0 Å². The maximum atomic E-state index is 13.2. The van der Waals surface area contributed by atoms with Crippen LogP contribution in [0, 0.1) is 5.82 Å². The van der Waals surface area contributed by atoms with Crippen molar-refractivity contribution in [3.05, 3.63) is 77.7 Å². The zero-order valence-electron chi connectivity index (χ0n) is 14.3. The zero-order valence-corrected chi connectivity index (χ0v) is 14.3. The molecule has 1 aromatic heterocycles. The fourth-order valence-corrected chi connectivity index (χ4v) is 3.47. The van der Waals surface area contributed by atoms with E-state index < -0.39 is 0 Å². The van der Waals surface area contributed by atoms with Gasteiger partial charge in [-0.2, -0.15) is 0 Å². The average Bonchev–Trinajstić information content (AvgIpc) is 3.19. The first-order valence-corrected chi connectivity index (χ1v) is 8.81. The van der Waals surface area contributed by atoms with Crippen molar-refractivity contribution >= 4 is 5.91 Å². The molecule has 26 heavy (non-hydrogen) atoms. The standard InChI is InChI=1S/C21H19FN2O2/c22-17-11-9-15(10-12-17)19-8-4-5-13-24(19)21(25)18-14-20(26-23-18)16-6-2-1-3-7-16/h1-3,6-7,9-12,14,19H,4-5,8,13H2. The van der Waals surface area contributed by atoms with Gasteiger partial charge in [0.15, 0.2) is 11.5 Å². The van der Waals surface area contributed by atoms with Gasteiger partial charge in [-0.3, -0.25) is 4.79 Å². The molecule has 132 valence electrons. The lowest BCUT2D eigenvalue weighted by molar-refractivity contribution is 0.0601. The maximum Gasteiger partial charge on any atom is 0.276 e. The van der Waals surface area contributed by atoms with Gasteiger partial charge in [-0.15, -0.1) is 0 Å². The third kappa shape index (κ3) is 3.25.